The van der Waals surface area contributed by atoms with Crippen LogP contribution in [0.25, 0.3) is 0 Å². The molecule has 1 unspecified atom stereocenters. The topological polar surface area (TPSA) is 64.8 Å². The van der Waals surface area contributed by atoms with E-state index in [0.717, 1.165) is 31.4 Å². The number of carbonyl (C=O) groups is 1. The minimum Gasteiger partial charge on any atom is -0.491 e. The molecule has 3 rings (SSSR count). The number of rotatable bonds is 9. The van der Waals surface area contributed by atoms with Gasteiger partial charge in [0.25, 0.3) is 5.91 Å². The molecule has 1 aliphatic heterocycles. The first-order valence-corrected chi connectivity index (χ1v) is 9.64. The Bertz CT molecular complexity index is 721. The molecule has 0 radical (unpaired) electrons. The Morgan fingerprint density at radius 3 is 2.71 bits per heavy atom. The second kappa shape index (κ2) is 11.7. The lowest BCUT2D eigenvalue weighted by molar-refractivity contribution is 0.0677. The molecule has 0 aliphatic carbocycles. The Balaban J connectivity index is 0.00000280. The van der Waals surface area contributed by atoms with Gasteiger partial charge in [-0.05, 0) is 49.6 Å². The second-order valence-corrected chi connectivity index (χ2v) is 6.83. The van der Waals surface area contributed by atoms with Crippen LogP contribution in [0.4, 0.5) is 0 Å². The van der Waals surface area contributed by atoms with E-state index in [1.165, 1.54) is 0 Å². The Morgan fingerprint density at radius 2 is 2.00 bits per heavy atom. The molecule has 1 atom stereocenters. The fourth-order valence-corrected chi connectivity index (χ4v) is 3.20. The van der Waals surface area contributed by atoms with Gasteiger partial charge >= 0.3 is 0 Å². The van der Waals surface area contributed by atoms with E-state index in [9.17, 15) is 4.79 Å². The van der Waals surface area contributed by atoms with Crippen LogP contribution in [0, 0.1) is 0 Å². The average molecular weight is 405 g/mol. The number of halogens is 1. The molecule has 5 nitrogen and oxygen atoms in total. The normalized spacial score (nSPS) is 15.7. The van der Waals surface area contributed by atoms with Crippen molar-refractivity contribution in [3.63, 3.8) is 0 Å². The van der Waals surface area contributed by atoms with Crippen LogP contribution in [0.2, 0.25) is 0 Å². The molecule has 1 amide bonds. The number of carbonyl (C=O) groups excluding carboxylic acids is 1. The minimum absolute atomic E-state index is 0. The molecule has 0 bridgehead atoms. The van der Waals surface area contributed by atoms with Crippen molar-refractivity contribution in [3.05, 3.63) is 65.7 Å². The van der Waals surface area contributed by atoms with Crippen LogP contribution in [0.1, 0.15) is 35.2 Å². The summed E-state index contributed by atoms with van der Waals surface area (Å²) in [7, 11) is 0. The molecule has 0 saturated carbocycles. The summed E-state index contributed by atoms with van der Waals surface area (Å²) in [4.78, 5) is 14.9. The largest absolute Gasteiger partial charge is 0.491 e. The SMILES string of the molecule is Cl.NCCCN(Cc1ccccc1)C(=O)c1cccc(OCC2CCCO2)c1. The minimum atomic E-state index is -0.00475. The Labute approximate surface area is 173 Å². The van der Waals surface area contributed by atoms with Gasteiger partial charge in [-0.2, -0.15) is 0 Å². The number of hydrogen-bond donors (Lipinski definition) is 1. The molecule has 152 valence electrons. The number of amides is 1. The summed E-state index contributed by atoms with van der Waals surface area (Å²) in [6.07, 6.45) is 3.04. The van der Waals surface area contributed by atoms with Crippen molar-refractivity contribution < 1.29 is 14.3 Å². The summed E-state index contributed by atoms with van der Waals surface area (Å²) in [5.74, 6) is 0.699. The number of hydrogen-bond acceptors (Lipinski definition) is 4. The molecule has 1 heterocycles. The third-order valence-electron chi connectivity index (χ3n) is 4.68. The average Bonchev–Trinajstić information content (AvgIpc) is 3.24. The van der Waals surface area contributed by atoms with Crippen LogP contribution in [0.3, 0.4) is 0 Å². The number of nitrogens with zero attached hydrogens (tertiary/aromatic N) is 1. The Kier molecular flexibility index (Phi) is 9.28. The second-order valence-electron chi connectivity index (χ2n) is 6.83. The van der Waals surface area contributed by atoms with Crippen LogP contribution >= 0.6 is 12.4 Å². The first-order chi connectivity index (χ1) is 13.3. The van der Waals surface area contributed by atoms with E-state index < -0.39 is 0 Å². The van der Waals surface area contributed by atoms with Crippen molar-refractivity contribution in [2.75, 3.05) is 26.3 Å². The standard InChI is InChI=1S/C22H28N2O3.ClH/c23-12-6-13-24(16-18-7-2-1-3-8-18)22(25)19-9-4-10-20(15-19)27-17-21-11-5-14-26-21;/h1-4,7-10,15,21H,5-6,11-14,16-17,23H2;1H. The summed E-state index contributed by atoms with van der Waals surface area (Å²) in [6, 6.07) is 17.4. The van der Waals surface area contributed by atoms with E-state index >= 15 is 0 Å². The van der Waals surface area contributed by atoms with Crippen LogP contribution in [-0.4, -0.2) is 43.2 Å². The maximum absolute atomic E-state index is 13.1. The lowest BCUT2D eigenvalue weighted by Crippen LogP contribution is -2.32. The zero-order chi connectivity index (χ0) is 18.9. The van der Waals surface area contributed by atoms with Crippen LogP contribution in [-0.2, 0) is 11.3 Å². The first kappa shape index (κ1) is 22.2. The van der Waals surface area contributed by atoms with Gasteiger partial charge in [0, 0.05) is 25.3 Å². The Hall–Kier alpha value is -2.08. The van der Waals surface area contributed by atoms with Crippen molar-refractivity contribution in [1.82, 2.24) is 4.90 Å². The van der Waals surface area contributed by atoms with Gasteiger partial charge < -0.3 is 20.1 Å². The number of benzene rings is 2. The maximum Gasteiger partial charge on any atom is 0.254 e. The van der Waals surface area contributed by atoms with Gasteiger partial charge in [-0.25, -0.2) is 0 Å². The third kappa shape index (κ3) is 6.51. The molecule has 2 N–H and O–H groups in total. The van der Waals surface area contributed by atoms with E-state index in [1.807, 2.05) is 59.5 Å². The highest BCUT2D eigenvalue weighted by Crippen LogP contribution is 2.19. The van der Waals surface area contributed by atoms with Crippen LogP contribution in [0.5, 0.6) is 5.75 Å². The Morgan fingerprint density at radius 1 is 1.18 bits per heavy atom. The van der Waals surface area contributed by atoms with Gasteiger partial charge in [-0.1, -0.05) is 36.4 Å². The molecule has 1 saturated heterocycles. The molecule has 2 aromatic rings. The van der Waals surface area contributed by atoms with Gasteiger partial charge in [-0.15, -0.1) is 12.4 Å². The molecule has 1 fully saturated rings. The van der Waals surface area contributed by atoms with Gasteiger partial charge in [0.2, 0.25) is 0 Å². The predicted octanol–water partition coefficient (Wildman–Crippen LogP) is 3.66. The molecular weight excluding hydrogens is 376 g/mol. The molecule has 0 aromatic heterocycles. The molecule has 1 aliphatic rings. The summed E-state index contributed by atoms with van der Waals surface area (Å²) >= 11 is 0. The van der Waals surface area contributed by atoms with Gasteiger partial charge in [0.15, 0.2) is 0 Å². The highest BCUT2D eigenvalue weighted by atomic mass is 35.5. The summed E-state index contributed by atoms with van der Waals surface area (Å²) < 4.78 is 11.4. The van der Waals surface area contributed by atoms with Crippen LogP contribution in [0.15, 0.2) is 54.6 Å². The number of ether oxygens (including phenoxy) is 2. The monoisotopic (exact) mass is 404 g/mol. The van der Waals surface area contributed by atoms with Crippen LogP contribution < -0.4 is 10.5 Å². The van der Waals surface area contributed by atoms with Gasteiger partial charge in [-0.3, -0.25) is 4.79 Å². The van der Waals surface area contributed by atoms with Crippen molar-refractivity contribution >= 4 is 18.3 Å². The van der Waals surface area contributed by atoms with E-state index in [0.29, 0.717) is 37.6 Å². The molecule has 6 heteroatoms. The highest BCUT2D eigenvalue weighted by Gasteiger charge is 2.18. The van der Waals surface area contributed by atoms with E-state index in [2.05, 4.69) is 0 Å². The van der Waals surface area contributed by atoms with Crippen molar-refractivity contribution in [2.45, 2.75) is 31.9 Å². The molecule has 0 spiro atoms. The van der Waals surface area contributed by atoms with Gasteiger partial charge in [0.1, 0.15) is 12.4 Å². The van der Waals surface area contributed by atoms with Crippen molar-refractivity contribution in [1.29, 1.82) is 0 Å². The highest BCUT2D eigenvalue weighted by molar-refractivity contribution is 5.94. The fourth-order valence-electron chi connectivity index (χ4n) is 3.20. The quantitative estimate of drug-likeness (QED) is 0.692. The molecule has 2 aromatic carbocycles. The van der Waals surface area contributed by atoms with E-state index in [4.69, 9.17) is 15.2 Å². The summed E-state index contributed by atoms with van der Waals surface area (Å²) in [6.45, 7) is 3.09. The van der Waals surface area contributed by atoms with Gasteiger partial charge in [0.05, 0.1) is 6.10 Å². The molecular formula is C22H29ClN2O3. The van der Waals surface area contributed by atoms with Crippen molar-refractivity contribution in [2.24, 2.45) is 5.73 Å². The lowest BCUT2D eigenvalue weighted by Gasteiger charge is -2.23. The zero-order valence-corrected chi connectivity index (χ0v) is 16.9. The van der Waals surface area contributed by atoms with E-state index in [-0.39, 0.29) is 24.4 Å². The predicted molar refractivity (Wildman–Crippen MR) is 113 cm³/mol. The smallest absolute Gasteiger partial charge is 0.254 e. The van der Waals surface area contributed by atoms with Crippen molar-refractivity contribution in [3.8, 4) is 5.75 Å². The number of nitrogens with two attached hydrogens (primary N) is 1. The lowest BCUT2D eigenvalue weighted by atomic mass is 10.1. The summed E-state index contributed by atoms with van der Waals surface area (Å²) in [5.41, 5.74) is 7.40. The van der Waals surface area contributed by atoms with E-state index in [1.54, 1.807) is 0 Å². The summed E-state index contributed by atoms with van der Waals surface area (Å²) in [5, 5.41) is 0. The maximum atomic E-state index is 13.1. The molecule has 28 heavy (non-hydrogen) atoms. The fraction of sp³-hybridized carbons (Fsp3) is 0.409. The third-order valence-corrected chi connectivity index (χ3v) is 4.68. The first-order valence-electron chi connectivity index (χ1n) is 9.64. The zero-order valence-electron chi connectivity index (χ0n) is 16.1.